The average molecular weight is 337 g/mol. The van der Waals surface area contributed by atoms with Crippen molar-refractivity contribution in [3.05, 3.63) is 30.3 Å². The minimum atomic E-state index is -0.255. The molecule has 6 heteroatoms. The Morgan fingerprint density at radius 2 is 1.70 bits per heavy atom. The van der Waals surface area contributed by atoms with Crippen molar-refractivity contribution in [3.8, 4) is 0 Å². The van der Waals surface area contributed by atoms with Gasteiger partial charge in [0.05, 0.1) is 13.1 Å². The summed E-state index contributed by atoms with van der Waals surface area (Å²) >= 11 is 1.71. The maximum atomic E-state index is 11.8. The number of benzene rings is 1. The van der Waals surface area contributed by atoms with Crippen LogP contribution in [0.2, 0.25) is 0 Å². The third-order valence-electron chi connectivity index (χ3n) is 2.78. The zero-order valence-electron chi connectivity index (χ0n) is 14.4. The number of carbonyl (C=O) groups is 2. The molecule has 0 saturated carbocycles. The van der Waals surface area contributed by atoms with Crippen molar-refractivity contribution >= 4 is 23.6 Å². The van der Waals surface area contributed by atoms with Crippen molar-refractivity contribution < 1.29 is 9.59 Å². The number of hydrogen-bond donors (Lipinski definition) is 2. The summed E-state index contributed by atoms with van der Waals surface area (Å²) in [6, 6.07) is 10.1. The number of hydrogen-bond acceptors (Lipinski definition) is 4. The van der Waals surface area contributed by atoms with Crippen molar-refractivity contribution in [2.75, 3.05) is 32.4 Å². The van der Waals surface area contributed by atoms with E-state index < -0.39 is 0 Å². The Balaban J connectivity index is 2.16. The second-order valence-corrected chi connectivity index (χ2v) is 7.65. The van der Waals surface area contributed by atoms with Gasteiger partial charge in [-0.05, 0) is 40.0 Å². The lowest BCUT2D eigenvalue weighted by Gasteiger charge is -2.23. The van der Waals surface area contributed by atoms with Crippen molar-refractivity contribution in [2.45, 2.75) is 31.2 Å². The van der Waals surface area contributed by atoms with E-state index in [0.29, 0.717) is 6.54 Å². The van der Waals surface area contributed by atoms with Crippen LogP contribution in [0.1, 0.15) is 20.8 Å². The van der Waals surface area contributed by atoms with Gasteiger partial charge in [0, 0.05) is 22.7 Å². The summed E-state index contributed by atoms with van der Waals surface area (Å²) in [5.41, 5.74) is -0.255. The summed E-state index contributed by atoms with van der Waals surface area (Å²) in [5, 5.41) is 5.75. The number of thioether (sulfide) groups is 1. The van der Waals surface area contributed by atoms with Gasteiger partial charge in [-0.15, -0.1) is 11.8 Å². The molecule has 5 nitrogen and oxygen atoms in total. The van der Waals surface area contributed by atoms with Gasteiger partial charge in [0.25, 0.3) is 0 Å². The highest BCUT2D eigenvalue weighted by atomic mass is 32.2. The maximum Gasteiger partial charge on any atom is 0.234 e. The standard InChI is InChI=1S/C17H27N3O2S/c1-17(2,3)19-16(22)13-20(4)12-15(21)18-10-11-23-14-8-6-5-7-9-14/h5-9H,10-13H2,1-4H3,(H,18,21)(H,19,22). The lowest BCUT2D eigenvalue weighted by atomic mass is 10.1. The predicted molar refractivity (Wildman–Crippen MR) is 95.6 cm³/mol. The van der Waals surface area contributed by atoms with E-state index in [1.54, 1.807) is 23.7 Å². The van der Waals surface area contributed by atoms with Gasteiger partial charge in [-0.2, -0.15) is 0 Å². The Hall–Kier alpha value is -1.53. The van der Waals surface area contributed by atoms with Gasteiger partial charge in [0.15, 0.2) is 0 Å². The van der Waals surface area contributed by atoms with Gasteiger partial charge in [-0.1, -0.05) is 18.2 Å². The number of nitrogens with one attached hydrogen (secondary N) is 2. The number of amides is 2. The van der Waals surface area contributed by atoms with Crippen LogP contribution in [0.3, 0.4) is 0 Å². The van der Waals surface area contributed by atoms with E-state index in [9.17, 15) is 9.59 Å². The molecule has 23 heavy (non-hydrogen) atoms. The van der Waals surface area contributed by atoms with Crippen LogP contribution in [0.15, 0.2) is 35.2 Å². The largest absolute Gasteiger partial charge is 0.354 e. The topological polar surface area (TPSA) is 61.4 Å². The molecule has 128 valence electrons. The molecule has 2 N–H and O–H groups in total. The normalized spacial score (nSPS) is 11.3. The molecule has 1 aromatic rings. The first-order valence-electron chi connectivity index (χ1n) is 7.70. The molecule has 0 spiro atoms. The highest BCUT2D eigenvalue weighted by Crippen LogP contribution is 2.15. The van der Waals surface area contributed by atoms with Crippen LogP contribution in [0.4, 0.5) is 0 Å². The van der Waals surface area contributed by atoms with Gasteiger partial charge in [-0.3, -0.25) is 14.5 Å². The first kappa shape index (κ1) is 19.5. The Morgan fingerprint density at radius 3 is 2.30 bits per heavy atom. The molecule has 0 heterocycles. The Labute approximate surface area is 143 Å². The lowest BCUT2D eigenvalue weighted by Crippen LogP contribution is -2.46. The summed E-state index contributed by atoms with van der Waals surface area (Å²) in [6.07, 6.45) is 0. The predicted octanol–water partition coefficient (Wildman–Crippen LogP) is 1.74. The summed E-state index contributed by atoms with van der Waals surface area (Å²) in [5.74, 6) is 0.682. The van der Waals surface area contributed by atoms with E-state index in [0.717, 1.165) is 5.75 Å². The maximum absolute atomic E-state index is 11.8. The van der Waals surface area contributed by atoms with Crippen molar-refractivity contribution in [1.29, 1.82) is 0 Å². The Bertz CT molecular complexity index is 500. The zero-order chi connectivity index (χ0) is 17.3. The molecule has 0 aliphatic carbocycles. The van der Waals surface area contributed by atoms with Crippen LogP contribution >= 0.6 is 11.8 Å². The molecule has 1 rings (SSSR count). The van der Waals surface area contributed by atoms with Crippen LogP contribution in [-0.2, 0) is 9.59 Å². The van der Waals surface area contributed by atoms with Gasteiger partial charge in [0.2, 0.25) is 11.8 Å². The van der Waals surface area contributed by atoms with Gasteiger partial charge >= 0.3 is 0 Å². The molecule has 1 aromatic carbocycles. The SMILES string of the molecule is CN(CC(=O)NCCSc1ccccc1)CC(=O)NC(C)(C)C. The molecule has 0 aromatic heterocycles. The average Bonchev–Trinajstić information content (AvgIpc) is 2.42. The van der Waals surface area contributed by atoms with Gasteiger partial charge < -0.3 is 10.6 Å². The molecule has 0 unspecified atom stereocenters. The molecule has 0 bridgehead atoms. The highest BCUT2D eigenvalue weighted by molar-refractivity contribution is 7.99. The second-order valence-electron chi connectivity index (χ2n) is 6.48. The van der Waals surface area contributed by atoms with Crippen molar-refractivity contribution in [2.24, 2.45) is 0 Å². The summed E-state index contributed by atoms with van der Waals surface area (Å²) in [6.45, 7) is 6.84. The fourth-order valence-corrected chi connectivity index (χ4v) is 2.73. The van der Waals surface area contributed by atoms with E-state index in [2.05, 4.69) is 10.6 Å². The van der Waals surface area contributed by atoms with E-state index in [-0.39, 0.29) is 30.4 Å². The molecular weight excluding hydrogens is 310 g/mol. The molecule has 0 aliphatic rings. The van der Waals surface area contributed by atoms with E-state index in [4.69, 9.17) is 0 Å². The first-order chi connectivity index (χ1) is 10.8. The number of nitrogens with zero attached hydrogens (tertiary/aromatic N) is 1. The zero-order valence-corrected chi connectivity index (χ0v) is 15.2. The Kier molecular flexibility index (Phi) is 8.12. The minimum Gasteiger partial charge on any atom is -0.354 e. The minimum absolute atomic E-state index is 0.0651. The van der Waals surface area contributed by atoms with Crippen LogP contribution in [-0.4, -0.2) is 54.7 Å². The molecule has 0 fully saturated rings. The molecule has 2 amide bonds. The summed E-state index contributed by atoms with van der Waals surface area (Å²) in [7, 11) is 1.76. The molecule has 0 aliphatic heterocycles. The molecular formula is C17H27N3O2S. The van der Waals surface area contributed by atoms with Crippen LogP contribution in [0.25, 0.3) is 0 Å². The number of carbonyl (C=O) groups excluding carboxylic acids is 2. The van der Waals surface area contributed by atoms with E-state index >= 15 is 0 Å². The monoisotopic (exact) mass is 337 g/mol. The van der Waals surface area contributed by atoms with Crippen LogP contribution in [0.5, 0.6) is 0 Å². The number of likely N-dealkylation sites (N-methyl/N-ethyl adjacent to an activating group) is 1. The highest BCUT2D eigenvalue weighted by Gasteiger charge is 2.16. The first-order valence-corrected chi connectivity index (χ1v) is 8.69. The lowest BCUT2D eigenvalue weighted by molar-refractivity contribution is -0.125. The molecule has 0 atom stereocenters. The smallest absolute Gasteiger partial charge is 0.234 e. The third kappa shape index (κ3) is 9.97. The Morgan fingerprint density at radius 1 is 1.09 bits per heavy atom. The quantitative estimate of drug-likeness (QED) is 0.560. The van der Waals surface area contributed by atoms with E-state index in [1.165, 1.54) is 4.90 Å². The van der Waals surface area contributed by atoms with Crippen LogP contribution < -0.4 is 10.6 Å². The number of rotatable bonds is 8. The van der Waals surface area contributed by atoms with Crippen LogP contribution in [0, 0.1) is 0 Å². The molecule has 0 radical (unpaired) electrons. The van der Waals surface area contributed by atoms with Crippen molar-refractivity contribution in [1.82, 2.24) is 15.5 Å². The summed E-state index contributed by atoms with van der Waals surface area (Å²) < 4.78 is 0. The van der Waals surface area contributed by atoms with Gasteiger partial charge in [0.1, 0.15) is 0 Å². The molecule has 0 saturated heterocycles. The fourth-order valence-electron chi connectivity index (χ4n) is 1.94. The fraction of sp³-hybridized carbons (Fsp3) is 0.529. The second kappa shape index (κ2) is 9.57. The summed E-state index contributed by atoms with van der Waals surface area (Å²) in [4.78, 5) is 26.5. The van der Waals surface area contributed by atoms with Crippen molar-refractivity contribution in [3.63, 3.8) is 0 Å². The third-order valence-corrected chi connectivity index (χ3v) is 3.79. The van der Waals surface area contributed by atoms with Gasteiger partial charge in [-0.25, -0.2) is 0 Å². The van der Waals surface area contributed by atoms with E-state index in [1.807, 2.05) is 51.1 Å².